The quantitative estimate of drug-likeness (QED) is 0.651. The van der Waals surface area contributed by atoms with E-state index in [-0.39, 0.29) is 17.9 Å². The predicted octanol–water partition coefficient (Wildman–Crippen LogP) is 2.28. The predicted molar refractivity (Wildman–Crippen MR) is 78.9 cm³/mol. The van der Waals surface area contributed by atoms with Crippen molar-refractivity contribution in [1.29, 1.82) is 0 Å². The minimum Gasteiger partial charge on any atom is -0.496 e. The summed E-state index contributed by atoms with van der Waals surface area (Å²) in [5.41, 5.74) is 5.94. The highest BCUT2D eigenvalue weighted by atomic mass is 16.6. The summed E-state index contributed by atoms with van der Waals surface area (Å²) in [7, 11) is 1.46. The summed E-state index contributed by atoms with van der Waals surface area (Å²) in [5.74, 6) is 0.160. The average molecular weight is 302 g/mol. The Morgan fingerprint density at radius 2 is 1.95 bits per heavy atom. The van der Waals surface area contributed by atoms with Gasteiger partial charge < -0.3 is 15.2 Å². The monoisotopic (exact) mass is 302 g/mol. The minimum absolute atomic E-state index is 0.00907. The number of ether oxygens (including phenoxy) is 2. The molecule has 0 aliphatic carbocycles. The number of nitrogens with two attached hydrogens (primary N) is 1. The number of non-ortho nitro benzene ring substituents is 1. The molecular formula is C15H14N2O5. The van der Waals surface area contributed by atoms with Gasteiger partial charge in [0.05, 0.1) is 17.6 Å². The molecule has 0 atom stereocenters. The van der Waals surface area contributed by atoms with E-state index >= 15 is 0 Å². The highest BCUT2D eigenvalue weighted by molar-refractivity contribution is 5.95. The van der Waals surface area contributed by atoms with Gasteiger partial charge in [0.25, 0.3) is 11.6 Å². The number of primary amides is 1. The Hall–Kier alpha value is -3.09. The second-order valence-corrected chi connectivity index (χ2v) is 4.40. The number of rotatable bonds is 6. The van der Waals surface area contributed by atoms with Crippen LogP contribution in [0, 0.1) is 10.1 Å². The molecule has 7 nitrogen and oxygen atoms in total. The summed E-state index contributed by atoms with van der Waals surface area (Å²) in [6.07, 6.45) is 0. The molecule has 2 aromatic carbocycles. The molecular weight excluding hydrogens is 288 g/mol. The maximum atomic E-state index is 11.3. The van der Waals surface area contributed by atoms with Crippen LogP contribution in [-0.2, 0) is 6.61 Å². The first-order chi connectivity index (χ1) is 10.5. The van der Waals surface area contributed by atoms with E-state index in [4.69, 9.17) is 15.2 Å². The molecule has 0 aromatic heterocycles. The lowest BCUT2D eigenvalue weighted by molar-refractivity contribution is -0.385. The summed E-state index contributed by atoms with van der Waals surface area (Å²) < 4.78 is 10.7. The highest BCUT2D eigenvalue weighted by Gasteiger charge is 2.13. The van der Waals surface area contributed by atoms with E-state index in [0.717, 1.165) is 0 Å². The Bertz CT molecular complexity index is 715. The minimum atomic E-state index is -0.610. The second-order valence-electron chi connectivity index (χ2n) is 4.40. The Morgan fingerprint density at radius 3 is 2.59 bits per heavy atom. The van der Waals surface area contributed by atoms with Gasteiger partial charge in [0, 0.05) is 17.7 Å². The lowest BCUT2D eigenvalue weighted by Crippen LogP contribution is -2.13. The van der Waals surface area contributed by atoms with Crippen molar-refractivity contribution in [3.8, 4) is 11.5 Å². The first kappa shape index (κ1) is 15.3. The molecule has 2 N–H and O–H groups in total. The summed E-state index contributed by atoms with van der Waals surface area (Å²) in [6.45, 7) is 0.00907. The van der Waals surface area contributed by atoms with Gasteiger partial charge >= 0.3 is 0 Å². The van der Waals surface area contributed by atoms with Crippen LogP contribution in [0.25, 0.3) is 0 Å². The van der Waals surface area contributed by atoms with E-state index in [1.54, 1.807) is 24.3 Å². The highest BCUT2D eigenvalue weighted by Crippen LogP contribution is 2.26. The topological polar surface area (TPSA) is 105 Å². The Kier molecular flexibility index (Phi) is 4.57. The van der Waals surface area contributed by atoms with Crippen LogP contribution in [0.5, 0.6) is 11.5 Å². The number of carbonyl (C=O) groups excluding carboxylic acids is 1. The third-order valence-electron chi connectivity index (χ3n) is 3.01. The van der Waals surface area contributed by atoms with Crippen molar-refractivity contribution in [2.75, 3.05) is 7.11 Å². The van der Waals surface area contributed by atoms with Gasteiger partial charge in [-0.25, -0.2) is 0 Å². The zero-order valence-electron chi connectivity index (χ0n) is 11.8. The molecule has 114 valence electrons. The van der Waals surface area contributed by atoms with Crippen molar-refractivity contribution in [3.05, 3.63) is 63.7 Å². The zero-order valence-corrected chi connectivity index (χ0v) is 11.8. The fourth-order valence-corrected chi connectivity index (χ4v) is 1.94. The molecule has 7 heteroatoms. The standard InChI is InChI=1S/C15H14N2O5/c1-21-13-7-6-11(17(19)20)8-10(13)9-22-14-5-3-2-4-12(14)15(16)18/h2-8H,9H2,1H3,(H2,16,18). The molecule has 1 amide bonds. The van der Waals surface area contributed by atoms with E-state index in [1.807, 2.05) is 0 Å². The number of amides is 1. The largest absolute Gasteiger partial charge is 0.496 e. The number of nitro benzene ring substituents is 1. The van der Waals surface area contributed by atoms with E-state index in [1.165, 1.54) is 25.3 Å². The second kappa shape index (κ2) is 6.57. The normalized spacial score (nSPS) is 10.0. The molecule has 2 rings (SSSR count). The van der Waals surface area contributed by atoms with Gasteiger partial charge in [0.15, 0.2) is 0 Å². The summed E-state index contributed by atoms with van der Waals surface area (Å²) >= 11 is 0. The lowest BCUT2D eigenvalue weighted by Gasteiger charge is -2.12. The van der Waals surface area contributed by atoms with Crippen LogP contribution >= 0.6 is 0 Å². The van der Waals surface area contributed by atoms with E-state index in [9.17, 15) is 14.9 Å². The van der Waals surface area contributed by atoms with Crippen LogP contribution in [-0.4, -0.2) is 17.9 Å². The van der Waals surface area contributed by atoms with Gasteiger partial charge in [0.1, 0.15) is 18.1 Å². The van der Waals surface area contributed by atoms with Gasteiger partial charge in [-0.3, -0.25) is 14.9 Å². The van der Waals surface area contributed by atoms with Gasteiger partial charge in [-0.2, -0.15) is 0 Å². The molecule has 0 aliphatic rings. The summed E-state index contributed by atoms with van der Waals surface area (Å²) in [4.78, 5) is 21.7. The number of carbonyl (C=O) groups is 1. The van der Waals surface area contributed by atoms with E-state index < -0.39 is 10.8 Å². The van der Waals surface area contributed by atoms with Crippen molar-refractivity contribution in [1.82, 2.24) is 0 Å². The molecule has 0 radical (unpaired) electrons. The lowest BCUT2D eigenvalue weighted by atomic mass is 10.1. The number of hydrogen-bond donors (Lipinski definition) is 1. The molecule has 0 spiro atoms. The van der Waals surface area contributed by atoms with E-state index in [2.05, 4.69) is 0 Å². The van der Waals surface area contributed by atoms with Crippen LogP contribution in [0.2, 0.25) is 0 Å². The Labute approximate surface area is 126 Å². The molecule has 0 heterocycles. The molecule has 0 bridgehead atoms. The summed E-state index contributed by atoms with van der Waals surface area (Å²) in [5, 5.41) is 10.8. The number of para-hydroxylation sites is 1. The Morgan fingerprint density at radius 1 is 1.23 bits per heavy atom. The summed E-state index contributed by atoms with van der Waals surface area (Å²) in [6, 6.07) is 10.7. The van der Waals surface area contributed by atoms with Gasteiger partial charge in [-0.1, -0.05) is 12.1 Å². The van der Waals surface area contributed by atoms with E-state index in [0.29, 0.717) is 17.1 Å². The van der Waals surface area contributed by atoms with Crippen LogP contribution < -0.4 is 15.2 Å². The van der Waals surface area contributed by atoms with Crippen molar-refractivity contribution < 1.29 is 19.2 Å². The first-order valence-corrected chi connectivity index (χ1v) is 6.36. The first-order valence-electron chi connectivity index (χ1n) is 6.36. The SMILES string of the molecule is COc1ccc([N+](=O)[O-])cc1COc1ccccc1C(N)=O. The van der Waals surface area contributed by atoms with Crippen LogP contribution in [0.15, 0.2) is 42.5 Å². The average Bonchev–Trinajstić information content (AvgIpc) is 2.52. The molecule has 0 aliphatic heterocycles. The van der Waals surface area contributed by atoms with Crippen molar-refractivity contribution in [2.45, 2.75) is 6.61 Å². The van der Waals surface area contributed by atoms with Gasteiger partial charge in [0.2, 0.25) is 0 Å². The number of hydrogen-bond acceptors (Lipinski definition) is 5. The van der Waals surface area contributed by atoms with Crippen molar-refractivity contribution in [2.24, 2.45) is 5.73 Å². The van der Waals surface area contributed by atoms with Crippen molar-refractivity contribution >= 4 is 11.6 Å². The smallest absolute Gasteiger partial charge is 0.270 e. The van der Waals surface area contributed by atoms with Crippen molar-refractivity contribution in [3.63, 3.8) is 0 Å². The fraction of sp³-hybridized carbons (Fsp3) is 0.133. The molecule has 0 saturated heterocycles. The van der Waals surface area contributed by atoms with Gasteiger partial charge in [-0.05, 0) is 18.2 Å². The third kappa shape index (κ3) is 3.32. The Balaban J connectivity index is 2.26. The maximum Gasteiger partial charge on any atom is 0.270 e. The fourth-order valence-electron chi connectivity index (χ4n) is 1.94. The molecule has 22 heavy (non-hydrogen) atoms. The van der Waals surface area contributed by atoms with Crippen LogP contribution in [0.4, 0.5) is 5.69 Å². The number of benzene rings is 2. The number of nitro groups is 1. The molecule has 2 aromatic rings. The zero-order chi connectivity index (χ0) is 16.1. The third-order valence-corrected chi connectivity index (χ3v) is 3.01. The molecule has 0 unspecified atom stereocenters. The maximum absolute atomic E-state index is 11.3. The molecule has 0 fully saturated rings. The number of nitrogens with zero attached hydrogens (tertiary/aromatic N) is 1. The molecule has 0 saturated carbocycles. The number of methoxy groups -OCH3 is 1. The van der Waals surface area contributed by atoms with Gasteiger partial charge in [-0.15, -0.1) is 0 Å². The van der Waals surface area contributed by atoms with Crippen LogP contribution in [0.1, 0.15) is 15.9 Å². The van der Waals surface area contributed by atoms with Crippen LogP contribution in [0.3, 0.4) is 0 Å².